The van der Waals surface area contributed by atoms with Crippen molar-refractivity contribution in [2.45, 2.75) is 245 Å². The van der Waals surface area contributed by atoms with Gasteiger partial charge in [0, 0.05) is 19.4 Å². The van der Waals surface area contributed by atoms with Crippen LogP contribution in [0.5, 0.6) is 0 Å². The normalized spacial score (nSPS) is 12.9. The third-order valence-electron chi connectivity index (χ3n) is 10.9. The summed E-state index contributed by atoms with van der Waals surface area (Å²) in [4.78, 5) is 25.4. The summed E-state index contributed by atoms with van der Waals surface area (Å²) in [5.74, 6) is -0.431. The first-order valence-corrected chi connectivity index (χ1v) is 26.1. The Hall–Kier alpha value is -2.92. The maximum Gasteiger partial charge on any atom is 0.306 e. The first kappa shape index (κ1) is 59.1. The van der Waals surface area contributed by atoms with E-state index in [4.69, 9.17) is 14.2 Å². The SMILES string of the molecule is CC/C=C\C/C=C\C/C=C\CCCCCCCC(=O)OC(COCCCCCCCC/C=C\C/C=C\CCC)COC(=O)CCCCCCCCC/C=C\C/C=C\CCCCC. The molecule has 0 rings (SSSR count). The van der Waals surface area contributed by atoms with Crippen LogP contribution in [0.3, 0.4) is 0 Å². The molecular weight excluding hydrogens is 765 g/mol. The van der Waals surface area contributed by atoms with Crippen molar-refractivity contribution in [1.82, 2.24) is 0 Å². The number of ether oxygens (including phenoxy) is 3. The van der Waals surface area contributed by atoms with Crippen molar-refractivity contribution in [3.8, 4) is 0 Å². The highest BCUT2D eigenvalue weighted by atomic mass is 16.6. The van der Waals surface area contributed by atoms with Gasteiger partial charge in [-0.3, -0.25) is 9.59 Å². The van der Waals surface area contributed by atoms with Gasteiger partial charge in [-0.05, 0) is 109 Å². The summed E-state index contributed by atoms with van der Waals surface area (Å²) in [5, 5.41) is 0. The van der Waals surface area contributed by atoms with Crippen LogP contribution in [-0.4, -0.2) is 37.9 Å². The van der Waals surface area contributed by atoms with E-state index in [1.165, 1.54) is 116 Å². The van der Waals surface area contributed by atoms with Crippen LogP contribution in [0.1, 0.15) is 239 Å². The second-order valence-corrected chi connectivity index (χ2v) is 17.0. The lowest BCUT2D eigenvalue weighted by Gasteiger charge is -2.18. The van der Waals surface area contributed by atoms with E-state index in [0.29, 0.717) is 19.4 Å². The average Bonchev–Trinajstić information content (AvgIpc) is 3.27. The molecule has 0 aliphatic heterocycles. The topological polar surface area (TPSA) is 61.8 Å². The Bertz CT molecular complexity index is 1160. The van der Waals surface area contributed by atoms with E-state index < -0.39 is 6.10 Å². The van der Waals surface area contributed by atoms with Gasteiger partial charge in [-0.2, -0.15) is 0 Å². The predicted octanol–water partition coefficient (Wildman–Crippen LogP) is 17.7. The molecule has 1 atom stereocenters. The highest BCUT2D eigenvalue weighted by Crippen LogP contribution is 2.13. The quantitative estimate of drug-likeness (QED) is 0.0346. The Morgan fingerprint density at radius 1 is 0.371 bits per heavy atom. The minimum Gasteiger partial charge on any atom is -0.462 e. The first-order chi connectivity index (χ1) is 30.6. The number of unbranched alkanes of at least 4 members (excludes halogenated alkanes) is 22. The first-order valence-electron chi connectivity index (χ1n) is 26.1. The van der Waals surface area contributed by atoms with Gasteiger partial charge in [0.2, 0.25) is 0 Å². The van der Waals surface area contributed by atoms with E-state index in [1.54, 1.807) is 0 Å². The van der Waals surface area contributed by atoms with Crippen molar-refractivity contribution in [2.24, 2.45) is 0 Å². The number of hydrogen-bond acceptors (Lipinski definition) is 5. The van der Waals surface area contributed by atoms with Crippen LogP contribution in [0.15, 0.2) is 85.1 Å². The second kappa shape index (κ2) is 52.4. The highest BCUT2D eigenvalue weighted by molar-refractivity contribution is 5.70. The van der Waals surface area contributed by atoms with Crippen LogP contribution in [0, 0.1) is 0 Å². The van der Waals surface area contributed by atoms with E-state index in [0.717, 1.165) is 89.9 Å². The number of carbonyl (C=O) groups is 2. The summed E-state index contributed by atoms with van der Waals surface area (Å²) in [6, 6.07) is 0. The standard InChI is InChI=1S/C57H98O5/c1-4-7-10-13-16-19-22-25-28-29-31-32-35-38-41-44-47-50-56(58)61-54-55(53-60-52-49-46-43-40-37-34-27-24-21-18-15-12-9-6-3)62-57(59)51-48-45-42-39-36-33-30-26-23-20-17-14-11-8-5-2/h8,11-12,15-17,19-21,24-26,28,30,55H,4-7,9-10,13-14,18,22-23,27,29,31-54H2,1-3H3/b11-8-,15-12-,19-16-,20-17-,24-21-,28-25-,30-26-. The van der Waals surface area contributed by atoms with Gasteiger partial charge >= 0.3 is 11.9 Å². The van der Waals surface area contributed by atoms with Crippen molar-refractivity contribution in [3.63, 3.8) is 0 Å². The van der Waals surface area contributed by atoms with Gasteiger partial charge in [-0.1, -0.05) is 202 Å². The molecule has 0 bridgehead atoms. The van der Waals surface area contributed by atoms with Gasteiger partial charge in [0.15, 0.2) is 6.10 Å². The maximum atomic E-state index is 12.8. The van der Waals surface area contributed by atoms with E-state index in [9.17, 15) is 9.59 Å². The molecule has 0 saturated heterocycles. The Morgan fingerprint density at radius 2 is 0.758 bits per heavy atom. The van der Waals surface area contributed by atoms with Crippen LogP contribution < -0.4 is 0 Å². The smallest absolute Gasteiger partial charge is 0.306 e. The largest absolute Gasteiger partial charge is 0.462 e. The van der Waals surface area contributed by atoms with Gasteiger partial charge in [0.05, 0.1) is 6.61 Å². The van der Waals surface area contributed by atoms with Gasteiger partial charge < -0.3 is 14.2 Å². The molecule has 0 radical (unpaired) electrons. The second-order valence-electron chi connectivity index (χ2n) is 17.0. The Kier molecular flexibility index (Phi) is 50.0. The number of carbonyl (C=O) groups excluding carboxylic acids is 2. The Labute approximate surface area is 384 Å². The highest BCUT2D eigenvalue weighted by Gasteiger charge is 2.17. The summed E-state index contributed by atoms with van der Waals surface area (Å²) < 4.78 is 17.4. The molecule has 0 saturated carbocycles. The van der Waals surface area contributed by atoms with Crippen molar-refractivity contribution in [2.75, 3.05) is 19.8 Å². The lowest BCUT2D eigenvalue weighted by molar-refractivity contribution is -0.163. The predicted molar refractivity (Wildman–Crippen MR) is 270 cm³/mol. The van der Waals surface area contributed by atoms with Gasteiger partial charge in [-0.15, -0.1) is 0 Å². The molecule has 0 aromatic rings. The summed E-state index contributed by atoms with van der Waals surface area (Å²) >= 11 is 0. The molecule has 356 valence electrons. The van der Waals surface area contributed by atoms with Crippen LogP contribution in [0.4, 0.5) is 0 Å². The minimum atomic E-state index is -0.557. The zero-order valence-electron chi connectivity index (χ0n) is 40.9. The maximum absolute atomic E-state index is 12.8. The monoisotopic (exact) mass is 863 g/mol. The molecular formula is C57H98O5. The number of esters is 2. The van der Waals surface area contributed by atoms with E-state index in [-0.39, 0.29) is 25.2 Å². The molecule has 0 aliphatic carbocycles. The third kappa shape index (κ3) is 49.7. The molecule has 0 amide bonds. The molecule has 5 nitrogen and oxygen atoms in total. The fourth-order valence-corrected chi connectivity index (χ4v) is 7.00. The van der Waals surface area contributed by atoms with Gasteiger partial charge in [0.25, 0.3) is 0 Å². The lowest BCUT2D eigenvalue weighted by atomic mass is 10.1. The fraction of sp³-hybridized carbons (Fsp3) is 0.719. The van der Waals surface area contributed by atoms with Gasteiger partial charge in [-0.25, -0.2) is 0 Å². The number of hydrogen-bond donors (Lipinski definition) is 0. The van der Waals surface area contributed by atoms with Crippen LogP contribution in [-0.2, 0) is 23.8 Å². The van der Waals surface area contributed by atoms with Crippen molar-refractivity contribution < 1.29 is 23.8 Å². The fourth-order valence-electron chi connectivity index (χ4n) is 7.00. The Balaban J connectivity index is 4.33. The van der Waals surface area contributed by atoms with Crippen LogP contribution in [0.2, 0.25) is 0 Å². The zero-order valence-corrected chi connectivity index (χ0v) is 40.9. The van der Waals surface area contributed by atoms with Crippen molar-refractivity contribution >= 4 is 11.9 Å². The summed E-state index contributed by atoms with van der Waals surface area (Å²) in [5.41, 5.74) is 0. The van der Waals surface area contributed by atoms with E-state index in [1.807, 2.05) is 0 Å². The van der Waals surface area contributed by atoms with Crippen LogP contribution >= 0.6 is 0 Å². The molecule has 62 heavy (non-hydrogen) atoms. The summed E-state index contributed by atoms with van der Waals surface area (Å²) in [7, 11) is 0. The molecule has 0 N–H and O–H groups in total. The van der Waals surface area contributed by atoms with E-state index in [2.05, 4.69) is 106 Å². The average molecular weight is 863 g/mol. The molecule has 0 spiro atoms. The minimum absolute atomic E-state index is 0.0664. The molecule has 0 aromatic carbocycles. The van der Waals surface area contributed by atoms with Gasteiger partial charge in [0.1, 0.15) is 6.61 Å². The molecule has 0 heterocycles. The summed E-state index contributed by atoms with van der Waals surface area (Å²) in [6.45, 7) is 7.59. The van der Waals surface area contributed by atoms with Crippen molar-refractivity contribution in [3.05, 3.63) is 85.1 Å². The molecule has 0 aromatic heterocycles. The zero-order chi connectivity index (χ0) is 44.9. The number of allylic oxidation sites excluding steroid dienone is 14. The molecule has 0 fully saturated rings. The Morgan fingerprint density at radius 3 is 1.23 bits per heavy atom. The lowest BCUT2D eigenvalue weighted by Crippen LogP contribution is -2.30. The molecule has 1 unspecified atom stereocenters. The summed E-state index contributed by atoms with van der Waals surface area (Å²) in [6.07, 6.45) is 68.7. The third-order valence-corrected chi connectivity index (χ3v) is 10.9. The van der Waals surface area contributed by atoms with E-state index >= 15 is 0 Å². The van der Waals surface area contributed by atoms with Crippen molar-refractivity contribution in [1.29, 1.82) is 0 Å². The van der Waals surface area contributed by atoms with Crippen LogP contribution in [0.25, 0.3) is 0 Å². The molecule has 0 aliphatic rings. The molecule has 5 heteroatoms. The number of rotatable bonds is 47.